The van der Waals surface area contributed by atoms with Crippen LogP contribution in [0.25, 0.3) is 0 Å². The summed E-state index contributed by atoms with van der Waals surface area (Å²) in [6.45, 7) is 12.8. The molecule has 162 valence electrons. The molecule has 1 unspecified atom stereocenters. The van der Waals surface area contributed by atoms with E-state index in [1.54, 1.807) is 0 Å². The summed E-state index contributed by atoms with van der Waals surface area (Å²) in [7, 11) is 0. The molecule has 1 aromatic heterocycles. The van der Waals surface area contributed by atoms with E-state index >= 15 is 0 Å². The van der Waals surface area contributed by atoms with Gasteiger partial charge in [-0.2, -0.15) is 0 Å². The molecule has 6 nitrogen and oxygen atoms in total. The van der Waals surface area contributed by atoms with Gasteiger partial charge in [0, 0.05) is 49.6 Å². The van der Waals surface area contributed by atoms with Crippen molar-refractivity contribution in [2.75, 3.05) is 39.3 Å². The molecule has 3 rings (SSSR count). The van der Waals surface area contributed by atoms with E-state index in [0.29, 0.717) is 12.0 Å². The number of rotatable bonds is 7. The molecule has 2 aliphatic heterocycles. The highest BCUT2D eigenvalue weighted by molar-refractivity contribution is 7.09. The van der Waals surface area contributed by atoms with Crippen molar-refractivity contribution in [1.29, 1.82) is 0 Å². The van der Waals surface area contributed by atoms with Gasteiger partial charge in [-0.05, 0) is 56.6 Å². The van der Waals surface area contributed by atoms with Gasteiger partial charge in [0.25, 0.3) is 0 Å². The Balaban J connectivity index is 1.43. The predicted molar refractivity (Wildman–Crippen MR) is 121 cm³/mol. The third kappa shape index (κ3) is 6.71. The summed E-state index contributed by atoms with van der Waals surface area (Å²) in [6.07, 6.45) is 3.42. The predicted octanol–water partition coefficient (Wildman–Crippen LogP) is 2.77. The van der Waals surface area contributed by atoms with Crippen LogP contribution in [-0.2, 0) is 11.3 Å². The summed E-state index contributed by atoms with van der Waals surface area (Å²) in [5.74, 6) is 1.89. The Morgan fingerprint density at radius 3 is 2.72 bits per heavy atom. The van der Waals surface area contributed by atoms with E-state index in [1.807, 2.05) is 30.1 Å². The Kier molecular flexibility index (Phi) is 8.36. The topological polar surface area (TPSA) is 60.0 Å². The number of thiophene rings is 1. The molecule has 1 amide bonds. The quantitative estimate of drug-likeness (QED) is 0.527. The van der Waals surface area contributed by atoms with E-state index in [2.05, 4.69) is 40.0 Å². The van der Waals surface area contributed by atoms with Gasteiger partial charge in [-0.1, -0.05) is 19.9 Å². The van der Waals surface area contributed by atoms with Crippen molar-refractivity contribution < 1.29 is 4.79 Å². The van der Waals surface area contributed by atoms with Gasteiger partial charge in [0.2, 0.25) is 5.91 Å². The van der Waals surface area contributed by atoms with Crippen LogP contribution in [0.5, 0.6) is 0 Å². The van der Waals surface area contributed by atoms with Crippen LogP contribution in [0.2, 0.25) is 0 Å². The third-order valence-corrected chi connectivity index (χ3v) is 6.71. The van der Waals surface area contributed by atoms with E-state index in [-0.39, 0.29) is 11.8 Å². The number of hydrogen-bond acceptors (Lipinski definition) is 4. The molecule has 2 saturated heterocycles. The molecule has 2 aliphatic rings. The van der Waals surface area contributed by atoms with Crippen molar-refractivity contribution in [3.63, 3.8) is 0 Å². The van der Waals surface area contributed by atoms with Gasteiger partial charge in [-0.3, -0.25) is 14.7 Å². The number of likely N-dealkylation sites (tertiary alicyclic amines) is 2. The first kappa shape index (κ1) is 22.1. The van der Waals surface area contributed by atoms with Crippen LogP contribution in [0, 0.1) is 11.8 Å². The minimum absolute atomic E-state index is 0.0707. The summed E-state index contributed by atoms with van der Waals surface area (Å²) < 4.78 is 0. The lowest BCUT2D eigenvalue weighted by Crippen LogP contribution is -2.45. The van der Waals surface area contributed by atoms with Crippen molar-refractivity contribution in [3.05, 3.63) is 22.4 Å². The minimum Gasteiger partial charge on any atom is -0.357 e. The summed E-state index contributed by atoms with van der Waals surface area (Å²) in [5, 5.41) is 9.10. The van der Waals surface area contributed by atoms with Crippen LogP contribution in [0.1, 0.15) is 44.9 Å². The monoisotopic (exact) mass is 419 g/mol. The Hall–Kier alpha value is -1.60. The zero-order valence-electron chi connectivity index (χ0n) is 18.2. The molecule has 2 fully saturated rings. The first-order chi connectivity index (χ1) is 14.0. The van der Waals surface area contributed by atoms with Gasteiger partial charge in [-0.15, -0.1) is 11.3 Å². The summed E-state index contributed by atoms with van der Waals surface area (Å²) in [4.78, 5) is 23.1. The van der Waals surface area contributed by atoms with Gasteiger partial charge >= 0.3 is 0 Å². The molecule has 0 bridgehead atoms. The van der Waals surface area contributed by atoms with E-state index in [0.717, 1.165) is 58.2 Å². The lowest BCUT2D eigenvalue weighted by atomic mass is 9.97. The number of nitrogens with one attached hydrogen (secondary N) is 2. The normalized spacial score (nSPS) is 21.7. The zero-order valence-corrected chi connectivity index (χ0v) is 19.0. The van der Waals surface area contributed by atoms with Crippen LogP contribution >= 0.6 is 11.3 Å². The first-order valence-electron chi connectivity index (χ1n) is 11.1. The van der Waals surface area contributed by atoms with Crippen molar-refractivity contribution >= 4 is 23.2 Å². The molecule has 3 heterocycles. The molecule has 0 saturated carbocycles. The number of aliphatic imine (C=N–C) groups is 1. The van der Waals surface area contributed by atoms with Crippen molar-refractivity contribution in [2.45, 2.75) is 52.6 Å². The average Bonchev–Trinajstić information content (AvgIpc) is 3.39. The second-order valence-corrected chi connectivity index (χ2v) is 9.62. The van der Waals surface area contributed by atoms with Crippen molar-refractivity contribution in [2.24, 2.45) is 16.8 Å². The van der Waals surface area contributed by atoms with Gasteiger partial charge in [-0.25, -0.2) is 0 Å². The summed E-state index contributed by atoms with van der Waals surface area (Å²) in [5.41, 5.74) is 0. The second kappa shape index (κ2) is 11.0. The van der Waals surface area contributed by atoms with E-state index in [1.165, 1.54) is 17.7 Å². The fourth-order valence-electron chi connectivity index (χ4n) is 4.13. The number of carbonyl (C=O) groups excluding carboxylic acids is 1. The Morgan fingerprint density at radius 2 is 2.07 bits per heavy atom. The van der Waals surface area contributed by atoms with Crippen LogP contribution in [0.3, 0.4) is 0 Å². The number of guanidine groups is 1. The fourth-order valence-corrected chi connectivity index (χ4v) is 4.87. The van der Waals surface area contributed by atoms with Gasteiger partial charge in [0.15, 0.2) is 5.96 Å². The third-order valence-electron chi connectivity index (χ3n) is 5.85. The van der Waals surface area contributed by atoms with E-state index in [9.17, 15) is 4.79 Å². The van der Waals surface area contributed by atoms with Crippen LogP contribution in [0.15, 0.2) is 22.5 Å². The van der Waals surface area contributed by atoms with Crippen LogP contribution < -0.4 is 10.6 Å². The van der Waals surface area contributed by atoms with Crippen LogP contribution in [-0.4, -0.2) is 67.0 Å². The SMILES string of the molecule is CCNC(=NCC1CCN(Cc2cccs2)CC1)NC1CCN(C(=O)C(C)C)C1. The first-order valence-corrected chi connectivity index (χ1v) is 12.0. The Labute approximate surface area is 179 Å². The van der Waals surface area contributed by atoms with Crippen molar-refractivity contribution in [3.8, 4) is 0 Å². The summed E-state index contributed by atoms with van der Waals surface area (Å²) >= 11 is 1.85. The molecular formula is C22H37N5OS. The van der Waals surface area contributed by atoms with E-state index < -0.39 is 0 Å². The zero-order chi connectivity index (χ0) is 20.6. The minimum atomic E-state index is 0.0707. The van der Waals surface area contributed by atoms with Gasteiger partial charge < -0.3 is 15.5 Å². The number of carbonyl (C=O) groups is 1. The number of nitrogens with zero attached hydrogens (tertiary/aromatic N) is 3. The molecule has 0 radical (unpaired) electrons. The maximum Gasteiger partial charge on any atom is 0.225 e. The smallest absolute Gasteiger partial charge is 0.225 e. The molecule has 1 atom stereocenters. The molecule has 0 aliphatic carbocycles. The second-order valence-electron chi connectivity index (χ2n) is 8.59. The fraction of sp³-hybridized carbons (Fsp3) is 0.727. The summed E-state index contributed by atoms with van der Waals surface area (Å²) in [6, 6.07) is 4.66. The van der Waals surface area contributed by atoms with Gasteiger partial charge in [0.1, 0.15) is 0 Å². The van der Waals surface area contributed by atoms with E-state index in [4.69, 9.17) is 4.99 Å². The molecule has 0 aromatic carbocycles. The number of piperidine rings is 1. The Bertz CT molecular complexity index is 652. The van der Waals surface area contributed by atoms with Gasteiger partial charge in [0.05, 0.1) is 0 Å². The molecule has 0 spiro atoms. The van der Waals surface area contributed by atoms with Crippen LogP contribution in [0.4, 0.5) is 0 Å². The average molecular weight is 420 g/mol. The highest BCUT2D eigenvalue weighted by atomic mass is 32.1. The maximum atomic E-state index is 12.2. The number of amides is 1. The molecule has 7 heteroatoms. The molecule has 1 aromatic rings. The highest BCUT2D eigenvalue weighted by Crippen LogP contribution is 2.21. The maximum absolute atomic E-state index is 12.2. The standard InChI is InChI=1S/C22H37N5OS/c1-4-23-22(25-19-9-12-27(15-19)21(28)17(2)3)24-14-18-7-10-26(11-8-18)16-20-6-5-13-29-20/h5-6,13,17-19H,4,7-12,14-16H2,1-3H3,(H2,23,24,25). The number of hydrogen-bond donors (Lipinski definition) is 2. The largest absolute Gasteiger partial charge is 0.357 e. The molecule has 29 heavy (non-hydrogen) atoms. The highest BCUT2D eigenvalue weighted by Gasteiger charge is 2.28. The molecular weight excluding hydrogens is 382 g/mol. The van der Waals surface area contributed by atoms with Crippen molar-refractivity contribution in [1.82, 2.24) is 20.4 Å². The molecule has 2 N–H and O–H groups in total. The lowest BCUT2D eigenvalue weighted by Gasteiger charge is -2.31. The Morgan fingerprint density at radius 1 is 1.28 bits per heavy atom. The lowest BCUT2D eigenvalue weighted by molar-refractivity contribution is -0.133.